The van der Waals surface area contributed by atoms with Crippen LogP contribution in [0.4, 0.5) is 0 Å². The van der Waals surface area contributed by atoms with E-state index in [2.05, 4.69) is 36.7 Å². The number of halogens is 1. The molecule has 0 heterocycles. The number of hydrogen-bond donors (Lipinski definition) is 0. The van der Waals surface area contributed by atoms with Crippen LogP contribution >= 0.6 is 15.9 Å². The molecule has 0 radical (unpaired) electrons. The maximum absolute atomic E-state index is 3.40. The van der Waals surface area contributed by atoms with Gasteiger partial charge >= 0.3 is 0 Å². The van der Waals surface area contributed by atoms with Crippen molar-refractivity contribution in [3.8, 4) is 0 Å². The molecule has 0 spiro atoms. The van der Waals surface area contributed by atoms with Gasteiger partial charge in [-0.2, -0.15) is 0 Å². The molecular formula is C7H15Br. The largest absolute Gasteiger partial charge is 0.0928 e. The lowest BCUT2D eigenvalue weighted by Crippen LogP contribution is -2.03. The second-order valence-corrected chi connectivity index (χ2v) is 4.15. The van der Waals surface area contributed by atoms with E-state index >= 15 is 0 Å². The van der Waals surface area contributed by atoms with Crippen molar-refractivity contribution in [2.24, 2.45) is 5.41 Å². The molecule has 0 aliphatic rings. The van der Waals surface area contributed by atoms with E-state index in [4.69, 9.17) is 0 Å². The lowest BCUT2D eigenvalue weighted by molar-refractivity contribution is 0.375. The smallest absolute Gasteiger partial charge is 0.00315 e. The van der Waals surface area contributed by atoms with Gasteiger partial charge in [-0.1, -0.05) is 36.7 Å². The average Bonchev–Trinajstić information content (AvgIpc) is 1.59. The molecule has 0 bridgehead atoms. The maximum atomic E-state index is 3.40. The Kier molecular flexibility index (Phi) is 3.70. The highest BCUT2D eigenvalue weighted by atomic mass is 79.9. The average molecular weight is 179 g/mol. The lowest BCUT2D eigenvalue weighted by atomic mass is 9.91. The highest BCUT2D eigenvalue weighted by molar-refractivity contribution is 9.09. The van der Waals surface area contributed by atoms with Crippen LogP contribution in [0.15, 0.2) is 0 Å². The molecule has 1 heteroatoms. The third kappa shape index (κ3) is 6.48. The zero-order valence-electron chi connectivity index (χ0n) is 6.00. The summed E-state index contributed by atoms with van der Waals surface area (Å²) in [5.74, 6) is 0. The monoisotopic (exact) mass is 178 g/mol. The van der Waals surface area contributed by atoms with Crippen LogP contribution in [-0.4, -0.2) is 5.33 Å². The summed E-state index contributed by atoms with van der Waals surface area (Å²) in [6.45, 7) is 6.82. The second-order valence-electron chi connectivity index (χ2n) is 3.35. The third-order valence-electron chi connectivity index (χ3n) is 1.06. The lowest BCUT2D eigenvalue weighted by Gasteiger charge is -2.16. The predicted molar refractivity (Wildman–Crippen MR) is 42.5 cm³/mol. The second kappa shape index (κ2) is 3.49. The summed E-state index contributed by atoms with van der Waals surface area (Å²) >= 11 is 3.40. The van der Waals surface area contributed by atoms with E-state index in [1.54, 1.807) is 0 Å². The first-order valence-electron chi connectivity index (χ1n) is 3.12. The van der Waals surface area contributed by atoms with Crippen LogP contribution in [-0.2, 0) is 0 Å². The van der Waals surface area contributed by atoms with Crippen molar-refractivity contribution in [1.82, 2.24) is 0 Å². The van der Waals surface area contributed by atoms with Crippen molar-refractivity contribution in [3.63, 3.8) is 0 Å². The van der Waals surface area contributed by atoms with Gasteiger partial charge in [-0.25, -0.2) is 0 Å². The van der Waals surface area contributed by atoms with E-state index in [-0.39, 0.29) is 0 Å². The Balaban J connectivity index is 3.11. The first-order valence-corrected chi connectivity index (χ1v) is 4.24. The van der Waals surface area contributed by atoms with Crippen LogP contribution in [0.2, 0.25) is 0 Å². The van der Waals surface area contributed by atoms with E-state index in [1.165, 1.54) is 12.8 Å². The van der Waals surface area contributed by atoms with Crippen LogP contribution in [0, 0.1) is 5.41 Å². The first kappa shape index (κ1) is 8.48. The highest BCUT2D eigenvalue weighted by Crippen LogP contribution is 2.20. The molecular weight excluding hydrogens is 164 g/mol. The molecule has 0 aliphatic heterocycles. The molecule has 0 aromatic rings. The maximum Gasteiger partial charge on any atom is 0.00315 e. The van der Waals surface area contributed by atoms with E-state index in [0.717, 1.165) is 5.33 Å². The minimum absolute atomic E-state index is 0.522. The van der Waals surface area contributed by atoms with Crippen LogP contribution in [0.5, 0.6) is 0 Å². The van der Waals surface area contributed by atoms with Gasteiger partial charge in [-0.15, -0.1) is 0 Å². The van der Waals surface area contributed by atoms with Gasteiger partial charge in [0.25, 0.3) is 0 Å². The Hall–Kier alpha value is 0.480. The molecule has 8 heavy (non-hydrogen) atoms. The summed E-state index contributed by atoms with van der Waals surface area (Å²) in [6.07, 6.45) is 2.61. The van der Waals surface area contributed by atoms with Gasteiger partial charge in [0.2, 0.25) is 0 Å². The van der Waals surface area contributed by atoms with E-state index in [1.807, 2.05) is 0 Å². The molecule has 0 rings (SSSR count). The molecule has 0 atom stereocenters. The van der Waals surface area contributed by atoms with E-state index in [9.17, 15) is 0 Å². The summed E-state index contributed by atoms with van der Waals surface area (Å²) in [5.41, 5.74) is 0.522. The fourth-order valence-electron chi connectivity index (χ4n) is 0.597. The SMILES string of the molecule is CC(C)(C)CCCBr. The molecule has 0 aromatic heterocycles. The quantitative estimate of drug-likeness (QED) is 0.571. The van der Waals surface area contributed by atoms with Gasteiger partial charge in [0.05, 0.1) is 0 Å². The van der Waals surface area contributed by atoms with Gasteiger partial charge in [0.15, 0.2) is 0 Å². The van der Waals surface area contributed by atoms with Crippen LogP contribution in [0.1, 0.15) is 33.6 Å². The Bertz CT molecular complexity index is 51.9. The summed E-state index contributed by atoms with van der Waals surface area (Å²) in [6, 6.07) is 0. The van der Waals surface area contributed by atoms with Crippen molar-refractivity contribution in [1.29, 1.82) is 0 Å². The van der Waals surface area contributed by atoms with Crippen LogP contribution in [0.3, 0.4) is 0 Å². The molecule has 50 valence electrons. The van der Waals surface area contributed by atoms with Crippen molar-refractivity contribution in [3.05, 3.63) is 0 Å². The van der Waals surface area contributed by atoms with Gasteiger partial charge in [-0.3, -0.25) is 0 Å². The van der Waals surface area contributed by atoms with Crippen molar-refractivity contribution >= 4 is 15.9 Å². The molecule has 0 unspecified atom stereocenters. The van der Waals surface area contributed by atoms with Gasteiger partial charge < -0.3 is 0 Å². The zero-order valence-corrected chi connectivity index (χ0v) is 7.59. The molecule has 0 aromatic carbocycles. The van der Waals surface area contributed by atoms with Crippen molar-refractivity contribution < 1.29 is 0 Å². The standard InChI is InChI=1S/C7H15Br/c1-7(2,3)5-4-6-8/h4-6H2,1-3H3. The van der Waals surface area contributed by atoms with E-state index < -0.39 is 0 Å². The number of rotatable bonds is 2. The topological polar surface area (TPSA) is 0 Å². The third-order valence-corrected chi connectivity index (χ3v) is 1.62. The van der Waals surface area contributed by atoms with Gasteiger partial charge in [0.1, 0.15) is 0 Å². The minimum Gasteiger partial charge on any atom is -0.0928 e. The van der Waals surface area contributed by atoms with Crippen LogP contribution < -0.4 is 0 Å². The normalized spacial score (nSPS) is 12.0. The number of alkyl halides is 1. The Morgan fingerprint density at radius 2 is 1.75 bits per heavy atom. The van der Waals surface area contributed by atoms with Gasteiger partial charge in [0, 0.05) is 5.33 Å². The molecule has 0 amide bonds. The predicted octanol–water partition coefficient (Wildman–Crippen LogP) is 3.21. The first-order chi connectivity index (χ1) is 3.56. The molecule has 0 saturated heterocycles. The Labute approximate surface area is 60.8 Å². The van der Waals surface area contributed by atoms with Crippen molar-refractivity contribution in [2.45, 2.75) is 33.6 Å². The molecule has 0 nitrogen and oxygen atoms in total. The fraction of sp³-hybridized carbons (Fsp3) is 1.00. The summed E-state index contributed by atoms with van der Waals surface area (Å²) < 4.78 is 0. The fourth-order valence-corrected chi connectivity index (χ4v) is 0.878. The minimum atomic E-state index is 0.522. The summed E-state index contributed by atoms with van der Waals surface area (Å²) in [4.78, 5) is 0. The highest BCUT2D eigenvalue weighted by Gasteiger charge is 2.07. The molecule has 0 fully saturated rings. The molecule has 0 saturated carbocycles. The molecule has 0 N–H and O–H groups in total. The Morgan fingerprint density at radius 1 is 1.25 bits per heavy atom. The summed E-state index contributed by atoms with van der Waals surface area (Å²) in [5, 5.41) is 1.14. The van der Waals surface area contributed by atoms with E-state index in [0.29, 0.717) is 5.41 Å². The summed E-state index contributed by atoms with van der Waals surface area (Å²) in [7, 11) is 0. The zero-order chi connectivity index (χ0) is 6.62. The van der Waals surface area contributed by atoms with Gasteiger partial charge in [-0.05, 0) is 18.3 Å². The Morgan fingerprint density at radius 3 is 1.88 bits per heavy atom. The van der Waals surface area contributed by atoms with Crippen molar-refractivity contribution in [2.75, 3.05) is 5.33 Å². The number of hydrogen-bond acceptors (Lipinski definition) is 0. The molecule has 0 aliphatic carbocycles. The van der Waals surface area contributed by atoms with Crippen LogP contribution in [0.25, 0.3) is 0 Å².